The Morgan fingerprint density at radius 1 is 1.06 bits per heavy atom. The van der Waals surface area contributed by atoms with Crippen molar-refractivity contribution in [3.63, 3.8) is 0 Å². The first-order valence-electron chi connectivity index (χ1n) is 18.0. The van der Waals surface area contributed by atoms with Gasteiger partial charge in [-0.3, -0.25) is 9.69 Å². The lowest BCUT2D eigenvalue weighted by molar-refractivity contribution is -0.205. The summed E-state index contributed by atoms with van der Waals surface area (Å²) in [6.07, 6.45) is 8.22. The Balaban J connectivity index is 0.000000347. The molecular formula is C36H62Cl2N2O8S2. The molecule has 3 heterocycles. The van der Waals surface area contributed by atoms with E-state index in [0.29, 0.717) is 12.7 Å². The summed E-state index contributed by atoms with van der Waals surface area (Å²) in [5.74, 6) is 2.80. The Morgan fingerprint density at radius 3 is 2.40 bits per heavy atom. The van der Waals surface area contributed by atoms with Gasteiger partial charge in [-0.25, -0.2) is 0 Å². The second-order valence-corrected chi connectivity index (χ2v) is 17.4. The highest BCUT2D eigenvalue weighted by atomic mass is 35.5. The highest BCUT2D eigenvalue weighted by molar-refractivity contribution is 7.99. The number of aliphatic hydroxyl groups is 3. The molecule has 290 valence electrons. The predicted octanol–water partition coefficient (Wildman–Crippen LogP) is 5.27. The van der Waals surface area contributed by atoms with Gasteiger partial charge in [0.15, 0.2) is 11.5 Å². The van der Waals surface area contributed by atoms with Gasteiger partial charge in [0.05, 0.1) is 17.5 Å². The van der Waals surface area contributed by atoms with E-state index in [0.717, 1.165) is 55.9 Å². The Labute approximate surface area is 318 Å². The van der Waals surface area contributed by atoms with E-state index < -0.39 is 52.4 Å². The third-order valence-corrected chi connectivity index (χ3v) is 12.6. The van der Waals surface area contributed by atoms with Crippen LogP contribution in [0.3, 0.4) is 0 Å². The maximum atomic E-state index is 12.9. The zero-order valence-corrected chi connectivity index (χ0v) is 33.8. The molecule has 3 aliphatic rings. The summed E-state index contributed by atoms with van der Waals surface area (Å²) in [7, 11) is 1.94. The van der Waals surface area contributed by atoms with Crippen LogP contribution in [0.15, 0.2) is 18.2 Å². The zero-order chi connectivity index (χ0) is 36.1. The number of halogens is 2. The summed E-state index contributed by atoms with van der Waals surface area (Å²) in [5, 5.41) is 33.2. The third-order valence-electron chi connectivity index (χ3n) is 9.74. The maximum Gasteiger partial charge on any atom is 0.237 e. The molecule has 2 saturated heterocycles. The fraction of sp³-hybridized carbons (Fsp3) is 0.806. The Bertz CT molecular complexity index is 1130. The molecule has 50 heavy (non-hydrogen) atoms. The molecule has 0 radical (unpaired) electrons. The average molecular weight is 786 g/mol. The number of likely N-dealkylation sites (N-methyl/N-ethyl adjacent to an activating group) is 1. The molecule has 10 nitrogen and oxygen atoms in total. The molecular weight excluding hydrogens is 723 g/mol. The molecule has 0 bridgehead atoms. The molecule has 1 amide bonds. The maximum absolute atomic E-state index is 12.9. The van der Waals surface area contributed by atoms with Crippen LogP contribution in [0, 0.1) is 5.92 Å². The monoisotopic (exact) mass is 784 g/mol. The normalized spacial score (nSPS) is 28.5. The van der Waals surface area contributed by atoms with E-state index in [1.54, 1.807) is 13.2 Å². The van der Waals surface area contributed by atoms with Crippen molar-refractivity contribution in [3.8, 4) is 11.5 Å². The number of benzene rings is 1. The summed E-state index contributed by atoms with van der Waals surface area (Å²) in [6, 6.07) is 5.07. The number of rotatable bonds is 17. The van der Waals surface area contributed by atoms with E-state index >= 15 is 0 Å². The summed E-state index contributed by atoms with van der Waals surface area (Å²) < 4.78 is 28.8. The van der Waals surface area contributed by atoms with E-state index in [4.69, 9.17) is 25.8 Å². The van der Waals surface area contributed by atoms with E-state index in [2.05, 4.69) is 26.1 Å². The van der Waals surface area contributed by atoms with Crippen LogP contribution in [-0.4, -0.2) is 116 Å². The number of likely N-dealkylation sites (tertiary alicyclic amines) is 1. The first-order valence-corrected chi connectivity index (χ1v) is 21.1. The number of thioether (sulfide) groups is 1. The van der Waals surface area contributed by atoms with Crippen molar-refractivity contribution in [2.45, 2.75) is 144 Å². The minimum absolute atomic E-state index is 0. The number of alkyl halides is 1. The molecule has 1 aromatic rings. The average Bonchev–Trinajstić information content (AvgIpc) is 3.70. The van der Waals surface area contributed by atoms with Crippen molar-refractivity contribution in [1.29, 1.82) is 0 Å². The molecule has 4 rings (SSSR count). The van der Waals surface area contributed by atoms with Crippen molar-refractivity contribution in [2.24, 2.45) is 5.92 Å². The number of hydrogen-bond acceptors (Lipinski definition) is 10. The first-order chi connectivity index (χ1) is 23.4. The summed E-state index contributed by atoms with van der Waals surface area (Å²) in [4.78, 5) is 14.9. The largest absolute Gasteiger partial charge is 0.616 e. The molecule has 0 saturated carbocycles. The van der Waals surface area contributed by atoms with Crippen LogP contribution < -0.4 is 14.8 Å². The van der Waals surface area contributed by atoms with E-state index in [-0.39, 0.29) is 29.6 Å². The highest BCUT2D eigenvalue weighted by Crippen LogP contribution is 2.34. The van der Waals surface area contributed by atoms with Gasteiger partial charge in [0.25, 0.3) is 0 Å². The van der Waals surface area contributed by atoms with Crippen LogP contribution in [0.25, 0.3) is 0 Å². The number of carbonyl (C=O) groups is 1. The van der Waals surface area contributed by atoms with Crippen molar-refractivity contribution >= 4 is 52.9 Å². The SMILES string of the molecule is CCCCCCCC[S+]([O-])C(C)Cc1ccc2c(c1)OCO2.CCC[C@@H]1C[C@@H](C(=O)N[C@@H]([C@H]2O[C@H](SC)[C@H](O)[C@@H](O)[C@H]2O)[C@H](C)Cl)N(C)C1.Cl. The van der Waals surface area contributed by atoms with Gasteiger partial charge >= 0.3 is 0 Å². The molecule has 1 aromatic carbocycles. The highest BCUT2D eigenvalue weighted by Gasteiger charge is 2.48. The van der Waals surface area contributed by atoms with Gasteiger partial charge in [0, 0.05) is 13.0 Å². The Hall–Kier alpha value is -0.670. The van der Waals surface area contributed by atoms with Crippen LogP contribution in [-0.2, 0) is 27.1 Å². The van der Waals surface area contributed by atoms with Crippen LogP contribution >= 0.6 is 35.8 Å². The third kappa shape index (κ3) is 13.3. The van der Waals surface area contributed by atoms with Gasteiger partial charge < -0.3 is 39.4 Å². The summed E-state index contributed by atoms with van der Waals surface area (Å²) in [6.45, 7) is 9.35. The second kappa shape index (κ2) is 23.2. The van der Waals surface area contributed by atoms with Gasteiger partial charge in [0.1, 0.15) is 40.9 Å². The number of carbonyl (C=O) groups excluding carboxylic acids is 1. The van der Waals surface area contributed by atoms with Gasteiger partial charge in [-0.15, -0.1) is 35.8 Å². The Kier molecular flexibility index (Phi) is 21.1. The van der Waals surface area contributed by atoms with Gasteiger partial charge in [0.2, 0.25) is 12.7 Å². The summed E-state index contributed by atoms with van der Waals surface area (Å²) in [5.41, 5.74) is 0.472. The lowest BCUT2D eigenvalue weighted by Crippen LogP contribution is -2.65. The predicted molar refractivity (Wildman–Crippen MR) is 206 cm³/mol. The molecule has 4 N–H and O–H groups in total. The molecule has 14 heteroatoms. The van der Waals surface area contributed by atoms with E-state index in [1.165, 1.54) is 49.4 Å². The quantitative estimate of drug-likeness (QED) is 0.0938. The zero-order valence-electron chi connectivity index (χ0n) is 30.6. The summed E-state index contributed by atoms with van der Waals surface area (Å²) >= 11 is 6.81. The topological polar surface area (TPSA) is 144 Å². The number of fused-ring (bicyclic) bond motifs is 1. The smallest absolute Gasteiger partial charge is 0.237 e. The number of nitrogens with zero attached hydrogens (tertiary/aromatic N) is 1. The van der Waals surface area contributed by atoms with Crippen LogP contribution in [0.4, 0.5) is 0 Å². The number of unbranched alkanes of at least 4 members (excludes halogenated alkanes) is 5. The molecule has 0 spiro atoms. The second-order valence-electron chi connectivity index (χ2n) is 13.8. The van der Waals surface area contributed by atoms with Crippen molar-refractivity contribution in [1.82, 2.24) is 10.2 Å². The number of ether oxygens (including phenoxy) is 3. The fourth-order valence-corrected chi connectivity index (χ4v) is 8.99. The molecule has 3 aliphatic heterocycles. The Morgan fingerprint density at radius 2 is 1.74 bits per heavy atom. The number of nitrogens with one attached hydrogen (secondary N) is 1. The molecule has 0 aliphatic carbocycles. The van der Waals surface area contributed by atoms with Gasteiger partial charge in [-0.05, 0) is 76.4 Å². The number of hydrogen-bond donors (Lipinski definition) is 4. The molecule has 2 fully saturated rings. The minimum Gasteiger partial charge on any atom is -0.616 e. The number of amides is 1. The van der Waals surface area contributed by atoms with E-state index in [1.807, 2.05) is 30.1 Å². The fourth-order valence-electron chi connectivity index (χ4n) is 6.83. The van der Waals surface area contributed by atoms with Crippen molar-refractivity contribution < 1.29 is 38.9 Å². The van der Waals surface area contributed by atoms with Gasteiger partial charge in [-0.2, -0.15) is 0 Å². The number of aliphatic hydroxyl groups excluding tert-OH is 3. The van der Waals surface area contributed by atoms with Gasteiger partial charge in [-0.1, -0.05) is 63.2 Å². The van der Waals surface area contributed by atoms with Crippen LogP contribution in [0.2, 0.25) is 0 Å². The lowest BCUT2D eigenvalue weighted by Gasteiger charge is -2.44. The molecule has 11 atom stereocenters. The molecule has 2 unspecified atom stereocenters. The first kappa shape index (κ1) is 45.5. The minimum atomic E-state index is -1.36. The van der Waals surface area contributed by atoms with Crippen LogP contribution in [0.5, 0.6) is 11.5 Å². The molecule has 0 aromatic heterocycles. The van der Waals surface area contributed by atoms with Crippen molar-refractivity contribution in [2.75, 3.05) is 32.4 Å². The standard InChI is InChI=1S/C18H33ClN2O5S.C18H28O3S.ClH/c1-5-6-10-7-11(21(3)8-10)17(25)20-12(9(2)19)16-14(23)13(22)15(24)18(26-16)27-4;1-3-4-5-6-7-8-11-22(19)15(2)12-16-9-10-17-18(13-16)21-14-20-17;/h9-16,18,22-24H,5-8H2,1-4H3,(H,20,25);9-10,13,15H,3-8,11-12,14H2,1-2H3;1H/t9-,10+,11-,12+,13-,14+,15+,16+,18+;;/m0../s1. The van der Waals surface area contributed by atoms with Crippen molar-refractivity contribution in [3.05, 3.63) is 23.8 Å². The van der Waals surface area contributed by atoms with E-state index in [9.17, 15) is 24.7 Å². The van der Waals surface area contributed by atoms with Crippen LogP contribution in [0.1, 0.15) is 91.0 Å². The lowest BCUT2D eigenvalue weighted by atomic mass is 9.92.